The Balaban J connectivity index is 1.60. The maximum atomic E-state index is 13.0. The molecule has 4 atom stereocenters. The highest BCUT2D eigenvalue weighted by Crippen LogP contribution is 2.52. The van der Waals surface area contributed by atoms with Crippen molar-refractivity contribution in [3.05, 3.63) is 47.8 Å². The van der Waals surface area contributed by atoms with E-state index in [1.807, 2.05) is 12.2 Å². The molecule has 3 aliphatic rings. The summed E-state index contributed by atoms with van der Waals surface area (Å²) in [5.74, 6) is -1.96. The number of carbonyl (C=O) groups excluding carboxylic acids is 2. The van der Waals surface area contributed by atoms with Crippen LogP contribution >= 0.6 is 0 Å². The molecule has 6 heteroatoms. The van der Waals surface area contributed by atoms with Crippen LogP contribution in [0.15, 0.2) is 36.4 Å². The second-order valence-electron chi connectivity index (χ2n) is 6.24. The van der Waals surface area contributed by atoms with Crippen LogP contribution < -0.4 is 0 Å². The largest absolute Gasteiger partial charge is 0.469 e. The van der Waals surface area contributed by atoms with Gasteiger partial charge in [0.15, 0.2) is 0 Å². The van der Waals surface area contributed by atoms with E-state index in [0.717, 1.165) is 5.56 Å². The van der Waals surface area contributed by atoms with Crippen molar-refractivity contribution < 1.29 is 23.5 Å². The Labute approximate surface area is 132 Å². The van der Waals surface area contributed by atoms with Crippen molar-refractivity contribution in [3.8, 4) is 0 Å². The minimum Gasteiger partial charge on any atom is -0.469 e. The summed E-state index contributed by atoms with van der Waals surface area (Å²) in [7, 11) is 1.32. The van der Waals surface area contributed by atoms with Crippen molar-refractivity contribution in [1.82, 2.24) is 4.90 Å². The average Bonchev–Trinajstić information content (AvgIpc) is 3.18. The Morgan fingerprint density at radius 2 is 2.17 bits per heavy atom. The highest BCUT2D eigenvalue weighted by atomic mass is 19.1. The molecule has 4 unspecified atom stereocenters. The van der Waals surface area contributed by atoms with Gasteiger partial charge in [-0.05, 0) is 17.7 Å². The SMILES string of the molecule is COC(=O)C1C2C=CC3(CN(Cc4ccc(F)cc4)C(=O)C13)O2. The summed E-state index contributed by atoms with van der Waals surface area (Å²) in [6, 6.07) is 6.04. The van der Waals surface area contributed by atoms with Crippen LogP contribution in [0.1, 0.15) is 5.56 Å². The van der Waals surface area contributed by atoms with Crippen LogP contribution in [0.4, 0.5) is 4.39 Å². The molecule has 3 aliphatic heterocycles. The number of hydrogen-bond acceptors (Lipinski definition) is 4. The van der Waals surface area contributed by atoms with Crippen LogP contribution in [0.2, 0.25) is 0 Å². The Kier molecular flexibility index (Phi) is 3.06. The molecule has 2 bridgehead atoms. The topological polar surface area (TPSA) is 55.8 Å². The van der Waals surface area contributed by atoms with Gasteiger partial charge in [0.25, 0.3) is 0 Å². The number of nitrogens with zero attached hydrogens (tertiary/aromatic N) is 1. The number of esters is 1. The second kappa shape index (κ2) is 4.89. The number of fused-ring (bicyclic) bond motifs is 1. The van der Waals surface area contributed by atoms with Gasteiger partial charge in [0, 0.05) is 6.54 Å². The summed E-state index contributed by atoms with van der Waals surface area (Å²) in [6.07, 6.45) is 3.35. The molecule has 0 radical (unpaired) electrons. The lowest BCUT2D eigenvalue weighted by molar-refractivity contribution is -0.151. The first-order valence-corrected chi connectivity index (χ1v) is 7.52. The predicted octanol–water partition coefficient (Wildman–Crippen LogP) is 1.28. The van der Waals surface area contributed by atoms with E-state index in [-0.39, 0.29) is 17.8 Å². The molecule has 1 amide bonds. The molecule has 23 heavy (non-hydrogen) atoms. The van der Waals surface area contributed by atoms with Gasteiger partial charge in [-0.3, -0.25) is 9.59 Å². The van der Waals surface area contributed by atoms with Crippen LogP contribution in [0.3, 0.4) is 0 Å². The Bertz CT molecular complexity index is 701. The van der Waals surface area contributed by atoms with Crippen molar-refractivity contribution in [2.24, 2.45) is 11.8 Å². The normalized spacial score (nSPS) is 34.1. The van der Waals surface area contributed by atoms with Crippen LogP contribution in [-0.2, 0) is 25.6 Å². The first kappa shape index (κ1) is 14.4. The molecule has 1 spiro atoms. The number of ether oxygens (including phenoxy) is 2. The van der Waals surface area contributed by atoms with Crippen LogP contribution in [0.5, 0.6) is 0 Å². The Morgan fingerprint density at radius 1 is 1.43 bits per heavy atom. The molecule has 4 rings (SSSR count). The summed E-state index contributed by atoms with van der Waals surface area (Å²) in [4.78, 5) is 26.5. The molecule has 120 valence electrons. The standard InChI is InChI=1S/C17H16FNO4/c1-22-16(21)13-12-6-7-17(23-12)9-19(15(20)14(13)17)8-10-2-4-11(18)5-3-10/h2-7,12-14H,8-9H2,1H3. The van der Waals surface area contributed by atoms with Gasteiger partial charge in [0.2, 0.25) is 5.91 Å². The maximum Gasteiger partial charge on any atom is 0.312 e. The first-order chi connectivity index (χ1) is 11.0. The number of hydrogen-bond donors (Lipinski definition) is 0. The van der Waals surface area contributed by atoms with Crippen LogP contribution in [-0.4, -0.2) is 42.1 Å². The number of carbonyl (C=O) groups is 2. The van der Waals surface area contributed by atoms with E-state index in [1.165, 1.54) is 19.2 Å². The van der Waals surface area contributed by atoms with Gasteiger partial charge >= 0.3 is 5.97 Å². The van der Waals surface area contributed by atoms with Crippen molar-refractivity contribution in [2.75, 3.05) is 13.7 Å². The van der Waals surface area contributed by atoms with Gasteiger partial charge in [-0.1, -0.05) is 24.3 Å². The molecule has 5 nitrogen and oxygen atoms in total. The predicted molar refractivity (Wildman–Crippen MR) is 77.6 cm³/mol. The monoisotopic (exact) mass is 317 g/mol. The molecule has 2 fully saturated rings. The zero-order chi connectivity index (χ0) is 16.2. The van der Waals surface area contributed by atoms with E-state index in [1.54, 1.807) is 17.0 Å². The lowest BCUT2D eigenvalue weighted by atomic mass is 9.77. The molecule has 0 N–H and O–H groups in total. The van der Waals surface area contributed by atoms with Gasteiger partial charge in [-0.25, -0.2) is 4.39 Å². The molecule has 0 aliphatic carbocycles. The lowest BCUT2D eigenvalue weighted by Gasteiger charge is -2.22. The van der Waals surface area contributed by atoms with Gasteiger partial charge in [0.1, 0.15) is 17.3 Å². The number of benzene rings is 1. The molecule has 0 aromatic heterocycles. The molecular weight excluding hydrogens is 301 g/mol. The van der Waals surface area contributed by atoms with Gasteiger partial charge < -0.3 is 14.4 Å². The minimum atomic E-state index is -0.735. The fraction of sp³-hybridized carbons (Fsp3) is 0.412. The zero-order valence-corrected chi connectivity index (χ0v) is 12.6. The van der Waals surface area contributed by atoms with Crippen molar-refractivity contribution in [1.29, 1.82) is 0 Å². The van der Waals surface area contributed by atoms with Gasteiger partial charge in [0.05, 0.1) is 25.7 Å². The summed E-state index contributed by atoms with van der Waals surface area (Å²) in [5.41, 5.74) is 0.102. The Morgan fingerprint density at radius 3 is 2.87 bits per heavy atom. The van der Waals surface area contributed by atoms with E-state index in [9.17, 15) is 14.0 Å². The lowest BCUT2D eigenvalue weighted by Crippen LogP contribution is -2.39. The van der Waals surface area contributed by atoms with E-state index in [0.29, 0.717) is 13.1 Å². The molecule has 1 aromatic rings. The van der Waals surface area contributed by atoms with Crippen molar-refractivity contribution >= 4 is 11.9 Å². The van der Waals surface area contributed by atoms with E-state index in [2.05, 4.69) is 0 Å². The molecule has 2 saturated heterocycles. The smallest absolute Gasteiger partial charge is 0.312 e. The van der Waals surface area contributed by atoms with Crippen LogP contribution in [0, 0.1) is 17.7 Å². The van der Waals surface area contributed by atoms with Crippen molar-refractivity contribution in [2.45, 2.75) is 18.2 Å². The number of amides is 1. The maximum absolute atomic E-state index is 13.0. The minimum absolute atomic E-state index is 0.114. The number of methoxy groups -OCH3 is 1. The third kappa shape index (κ3) is 2.01. The number of rotatable bonds is 3. The molecule has 1 aromatic carbocycles. The quantitative estimate of drug-likeness (QED) is 0.622. The Hall–Kier alpha value is -2.21. The third-order valence-electron chi connectivity index (χ3n) is 4.94. The van der Waals surface area contributed by atoms with E-state index >= 15 is 0 Å². The van der Waals surface area contributed by atoms with E-state index < -0.39 is 23.4 Å². The van der Waals surface area contributed by atoms with E-state index in [4.69, 9.17) is 9.47 Å². The number of halogens is 1. The fourth-order valence-electron chi connectivity index (χ4n) is 3.93. The molecule has 3 heterocycles. The number of likely N-dealkylation sites (tertiary alicyclic amines) is 1. The average molecular weight is 317 g/mol. The molecular formula is C17H16FNO4. The second-order valence-corrected chi connectivity index (χ2v) is 6.24. The fourth-order valence-corrected chi connectivity index (χ4v) is 3.93. The highest BCUT2D eigenvalue weighted by Gasteiger charge is 2.67. The van der Waals surface area contributed by atoms with Crippen LogP contribution in [0.25, 0.3) is 0 Å². The molecule has 0 saturated carbocycles. The summed E-state index contributed by atoms with van der Waals surface area (Å²) < 4.78 is 23.8. The highest BCUT2D eigenvalue weighted by molar-refractivity contribution is 5.91. The van der Waals surface area contributed by atoms with Gasteiger partial charge in [-0.15, -0.1) is 0 Å². The summed E-state index contributed by atoms with van der Waals surface area (Å²) >= 11 is 0. The summed E-state index contributed by atoms with van der Waals surface area (Å²) in [5, 5.41) is 0. The first-order valence-electron chi connectivity index (χ1n) is 7.52. The third-order valence-corrected chi connectivity index (χ3v) is 4.94. The van der Waals surface area contributed by atoms with Gasteiger partial charge in [-0.2, -0.15) is 0 Å². The van der Waals surface area contributed by atoms with Crippen molar-refractivity contribution in [3.63, 3.8) is 0 Å². The zero-order valence-electron chi connectivity index (χ0n) is 12.6. The summed E-state index contributed by atoms with van der Waals surface area (Å²) in [6.45, 7) is 0.765.